The molecule has 11 aromatic rings. The average molecular weight is 739 g/mol. The van der Waals surface area contributed by atoms with Gasteiger partial charge in [-0.25, -0.2) is 0 Å². The minimum absolute atomic E-state index is 1.10. The summed E-state index contributed by atoms with van der Waals surface area (Å²) in [6.07, 6.45) is 2.30. The second kappa shape index (κ2) is 14.1. The van der Waals surface area contributed by atoms with E-state index in [0.717, 1.165) is 17.1 Å². The van der Waals surface area contributed by atoms with Gasteiger partial charge in [0.1, 0.15) is 0 Å². The van der Waals surface area contributed by atoms with Crippen molar-refractivity contribution >= 4 is 55.0 Å². The molecule has 58 heavy (non-hydrogen) atoms. The number of pyridine rings is 1. The second-order valence-electron chi connectivity index (χ2n) is 15.0. The first-order chi connectivity index (χ1) is 28.7. The number of fused-ring (bicyclic) bond motifs is 5. The zero-order valence-corrected chi connectivity index (χ0v) is 31.8. The Balaban J connectivity index is 1.03. The van der Waals surface area contributed by atoms with Gasteiger partial charge in [-0.05, 0) is 109 Å². The van der Waals surface area contributed by atoms with Gasteiger partial charge in [-0.15, -0.1) is 0 Å². The number of aromatic nitrogens is 1. The van der Waals surface area contributed by atoms with Crippen LogP contribution in [0.3, 0.4) is 0 Å². The van der Waals surface area contributed by atoms with Gasteiger partial charge < -0.3 is 9.30 Å². The number of hydrogen-bond donors (Lipinski definition) is 0. The first-order valence-corrected chi connectivity index (χ1v) is 19.9. The molecule has 0 spiro atoms. The van der Waals surface area contributed by atoms with Crippen molar-refractivity contribution in [3.8, 4) is 44.5 Å². The third-order valence-electron chi connectivity index (χ3n) is 11.6. The predicted molar refractivity (Wildman–Crippen MR) is 246 cm³/mol. The van der Waals surface area contributed by atoms with Crippen LogP contribution in [0.15, 0.2) is 231 Å². The van der Waals surface area contributed by atoms with Gasteiger partial charge in [-0.3, -0.25) is 0 Å². The lowest BCUT2D eigenvalue weighted by molar-refractivity contribution is 1.27. The topological polar surface area (TPSA) is 7.65 Å². The zero-order chi connectivity index (χ0) is 38.4. The van der Waals surface area contributed by atoms with Crippen LogP contribution in [0.25, 0.3) is 82.5 Å². The summed E-state index contributed by atoms with van der Waals surface area (Å²) < 4.78 is 2.36. The molecule has 0 aliphatic carbocycles. The van der Waals surface area contributed by atoms with Gasteiger partial charge >= 0.3 is 0 Å². The molecule has 0 radical (unpaired) electrons. The van der Waals surface area contributed by atoms with Crippen LogP contribution in [-0.4, -0.2) is 4.40 Å². The van der Waals surface area contributed by atoms with Crippen molar-refractivity contribution in [3.63, 3.8) is 0 Å². The van der Waals surface area contributed by atoms with Crippen molar-refractivity contribution in [1.82, 2.24) is 4.40 Å². The van der Waals surface area contributed by atoms with Crippen molar-refractivity contribution in [2.24, 2.45) is 0 Å². The highest BCUT2D eigenvalue weighted by Gasteiger charge is 2.17. The van der Waals surface area contributed by atoms with Gasteiger partial charge in [0.15, 0.2) is 0 Å². The third kappa shape index (κ3) is 5.91. The molecule has 272 valence electrons. The van der Waals surface area contributed by atoms with Gasteiger partial charge in [-0.1, -0.05) is 176 Å². The third-order valence-corrected chi connectivity index (χ3v) is 11.6. The number of anilines is 3. The minimum Gasteiger partial charge on any atom is -0.315 e. The lowest BCUT2D eigenvalue weighted by atomic mass is 9.98. The van der Waals surface area contributed by atoms with Crippen LogP contribution >= 0.6 is 0 Å². The Hall–Kier alpha value is -7.68. The van der Waals surface area contributed by atoms with Crippen molar-refractivity contribution in [3.05, 3.63) is 231 Å². The first kappa shape index (κ1) is 33.6. The maximum absolute atomic E-state index is 2.38. The summed E-state index contributed by atoms with van der Waals surface area (Å²) >= 11 is 0. The van der Waals surface area contributed by atoms with Crippen LogP contribution in [0.4, 0.5) is 17.1 Å². The summed E-state index contributed by atoms with van der Waals surface area (Å²) in [6.45, 7) is 0. The van der Waals surface area contributed by atoms with Gasteiger partial charge in [0, 0.05) is 34.2 Å². The summed E-state index contributed by atoms with van der Waals surface area (Å²) in [5.41, 5.74) is 15.5. The normalized spacial score (nSPS) is 11.4. The summed E-state index contributed by atoms with van der Waals surface area (Å²) in [7, 11) is 0. The van der Waals surface area contributed by atoms with Crippen molar-refractivity contribution in [1.29, 1.82) is 0 Å². The molecule has 0 N–H and O–H groups in total. The molecule has 0 saturated carbocycles. The fourth-order valence-electron chi connectivity index (χ4n) is 8.71. The Kier molecular flexibility index (Phi) is 8.19. The average Bonchev–Trinajstić information content (AvgIpc) is 3.62. The monoisotopic (exact) mass is 738 g/mol. The molecule has 0 aliphatic rings. The largest absolute Gasteiger partial charge is 0.315 e. The lowest BCUT2D eigenvalue weighted by Crippen LogP contribution is -2.10. The van der Waals surface area contributed by atoms with E-state index in [4.69, 9.17) is 0 Å². The standard InChI is InChI=1S/C56H38N2/c1-3-12-39(13-4-1)40-22-24-41(25-23-40)42-26-31-48(32-27-42)58(49-33-28-44(29-34-49)52-20-11-17-43-14-7-8-18-51(43)52)50-35-30-46-38-57-54-21-10-9-19-53(54)56(45-15-5-2-6-16-45)55(57)37-47(46)36-50/h1-38H. The second-order valence-corrected chi connectivity index (χ2v) is 15.0. The Morgan fingerprint density at radius 1 is 0.293 bits per heavy atom. The zero-order valence-electron chi connectivity index (χ0n) is 31.8. The van der Waals surface area contributed by atoms with E-state index in [0.29, 0.717) is 0 Å². The predicted octanol–water partition coefficient (Wildman–Crippen LogP) is 15.5. The first-order valence-electron chi connectivity index (χ1n) is 19.9. The van der Waals surface area contributed by atoms with E-state index < -0.39 is 0 Å². The molecular weight excluding hydrogens is 701 g/mol. The summed E-state index contributed by atoms with van der Waals surface area (Å²) in [4.78, 5) is 2.38. The molecule has 2 heteroatoms. The molecule has 0 fully saturated rings. The SMILES string of the molecule is c1ccc(-c2ccc(-c3ccc(N(c4ccc(-c5cccc6ccccc56)cc4)c4ccc5cn6c(cc5c4)c(-c4ccccc4)c4ccccc46)cc3)cc2)cc1. The molecule has 2 nitrogen and oxygen atoms in total. The van der Waals surface area contributed by atoms with Crippen LogP contribution in [-0.2, 0) is 0 Å². The number of rotatable bonds is 7. The Bertz CT molecular complexity index is 3230. The molecule has 9 aromatic carbocycles. The van der Waals surface area contributed by atoms with E-state index in [1.165, 1.54) is 82.5 Å². The summed E-state index contributed by atoms with van der Waals surface area (Å²) in [5.74, 6) is 0. The summed E-state index contributed by atoms with van der Waals surface area (Å²) in [6, 6.07) is 81.4. The van der Waals surface area contributed by atoms with Crippen LogP contribution in [0, 0.1) is 0 Å². The summed E-state index contributed by atoms with van der Waals surface area (Å²) in [5, 5.41) is 6.15. The van der Waals surface area contributed by atoms with E-state index in [2.05, 4.69) is 240 Å². The molecule has 0 amide bonds. The Labute approximate surface area is 338 Å². The molecule has 2 aromatic heterocycles. The smallest absolute Gasteiger partial charge is 0.0547 e. The quantitative estimate of drug-likeness (QED) is 0.158. The minimum atomic E-state index is 1.10. The number of para-hydroxylation sites is 1. The molecule has 0 atom stereocenters. The van der Waals surface area contributed by atoms with E-state index in [-0.39, 0.29) is 0 Å². The van der Waals surface area contributed by atoms with Crippen LogP contribution in [0.1, 0.15) is 0 Å². The maximum atomic E-state index is 2.38. The van der Waals surface area contributed by atoms with Gasteiger partial charge in [0.25, 0.3) is 0 Å². The van der Waals surface area contributed by atoms with Crippen molar-refractivity contribution < 1.29 is 0 Å². The number of nitrogens with zero attached hydrogens (tertiary/aromatic N) is 2. The Morgan fingerprint density at radius 2 is 0.810 bits per heavy atom. The molecular formula is C56H38N2. The van der Waals surface area contributed by atoms with E-state index >= 15 is 0 Å². The van der Waals surface area contributed by atoms with Crippen LogP contribution < -0.4 is 4.90 Å². The molecule has 0 aliphatic heterocycles. The highest BCUT2D eigenvalue weighted by Crippen LogP contribution is 2.41. The molecule has 0 bridgehead atoms. The highest BCUT2D eigenvalue weighted by atomic mass is 15.1. The lowest BCUT2D eigenvalue weighted by Gasteiger charge is -2.26. The molecule has 0 saturated heterocycles. The number of benzene rings is 9. The maximum Gasteiger partial charge on any atom is 0.0547 e. The number of hydrogen-bond acceptors (Lipinski definition) is 1. The highest BCUT2D eigenvalue weighted by molar-refractivity contribution is 6.08. The van der Waals surface area contributed by atoms with Crippen LogP contribution in [0.2, 0.25) is 0 Å². The van der Waals surface area contributed by atoms with E-state index in [1.54, 1.807) is 0 Å². The van der Waals surface area contributed by atoms with Gasteiger partial charge in [-0.2, -0.15) is 0 Å². The molecule has 11 rings (SSSR count). The van der Waals surface area contributed by atoms with Crippen LogP contribution in [0.5, 0.6) is 0 Å². The van der Waals surface area contributed by atoms with Gasteiger partial charge in [0.2, 0.25) is 0 Å². The fourth-order valence-corrected chi connectivity index (χ4v) is 8.71. The fraction of sp³-hybridized carbons (Fsp3) is 0. The van der Waals surface area contributed by atoms with Crippen molar-refractivity contribution in [2.45, 2.75) is 0 Å². The van der Waals surface area contributed by atoms with Crippen molar-refractivity contribution in [2.75, 3.05) is 4.90 Å². The molecule has 0 unspecified atom stereocenters. The molecule has 2 heterocycles. The van der Waals surface area contributed by atoms with E-state index in [9.17, 15) is 0 Å². The Morgan fingerprint density at radius 3 is 1.50 bits per heavy atom. The van der Waals surface area contributed by atoms with E-state index in [1.807, 2.05) is 0 Å². The van der Waals surface area contributed by atoms with Gasteiger partial charge in [0.05, 0.1) is 11.0 Å².